The Bertz CT molecular complexity index is 1270. The summed E-state index contributed by atoms with van der Waals surface area (Å²) in [7, 11) is 1.35. The minimum Gasteiger partial charge on any atom is -0.452 e. The number of aryl methyl sites for hydroxylation is 1. The molecule has 4 rings (SSSR count). The molecule has 0 aliphatic heterocycles. The molecule has 0 radical (unpaired) electrons. The van der Waals surface area contributed by atoms with Crippen LogP contribution >= 0.6 is 0 Å². The van der Waals surface area contributed by atoms with E-state index in [1.54, 1.807) is 0 Å². The van der Waals surface area contributed by atoms with Gasteiger partial charge >= 0.3 is 6.09 Å². The molecule has 0 spiro atoms. The number of aromatic nitrogens is 1. The first-order valence-electron chi connectivity index (χ1n) is 10.6. The highest BCUT2D eigenvalue weighted by molar-refractivity contribution is 6.11. The maximum absolute atomic E-state index is 11.8. The van der Waals surface area contributed by atoms with E-state index >= 15 is 0 Å². The van der Waals surface area contributed by atoms with Gasteiger partial charge < -0.3 is 9.72 Å². The van der Waals surface area contributed by atoms with Gasteiger partial charge in [0, 0.05) is 33.1 Å². The summed E-state index contributed by atoms with van der Waals surface area (Å²) in [5.41, 5.74) is 12.2. The van der Waals surface area contributed by atoms with Crippen molar-refractivity contribution in [1.82, 2.24) is 10.4 Å². The second-order valence-electron chi connectivity index (χ2n) is 8.61. The van der Waals surface area contributed by atoms with Gasteiger partial charge in [0.05, 0.1) is 12.8 Å². The zero-order chi connectivity index (χ0) is 22.2. The Labute approximate surface area is 182 Å². The van der Waals surface area contributed by atoms with E-state index in [-0.39, 0.29) is 5.41 Å². The smallest absolute Gasteiger partial charge is 0.425 e. The van der Waals surface area contributed by atoms with Crippen LogP contribution in [0.25, 0.3) is 32.8 Å². The minimum absolute atomic E-state index is 0.0612. The normalized spacial score (nSPS) is 11.6. The van der Waals surface area contributed by atoms with Crippen LogP contribution < -0.4 is 10.9 Å². The molecule has 4 aromatic rings. The van der Waals surface area contributed by atoms with Gasteiger partial charge in [-0.1, -0.05) is 68.8 Å². The number of rotatable bonds is 5. The number of amides is 1. The van der Waals surface area contributed by atoms with Crippen LogP contribution in [0.15, 0.2) is 54.6 Å². The van der Waals surface area contributed by atoms with Gasteiger partial charge in [-0.15, -0.1) is 0 Å². The number of H-pyrrole nitrogens is 1. The summed E-state index contributed by atoms with van der Waals surface area (Å²) in [4.78, 5) is 15.5. The van der Waals surface area contributed by atoms with Crippen LogP contribution in [0, 0.1) is 6.92 Å². The van der Waals surface area contributed by atoms with Crippen LogP contribution in [0.4, 0.5) is 10.5 Å². The van der Waals surface area contributed by atoms with Gasteiger partial charge in [-0.25, -0.2) is 10.2 Å². The van der Waals surface area contributed by atoms with Gasteiger partial charge in [-0.2, -0.15) is 0 Å². The standard InChI is InChI=1S/C26H29N3O2/c1-6-26(3,4)24-23(19-9-7-8-10-20(19)27-24)22-18-13-11-16(2)15-17(18)12-14-21(22)28-29-25(30)31-5/h7-15,27-28H,6H2,1-5H3,(H,29,30). The Balaban J connectivity index is 2.08. The first kappa shape index (κ1) is 20.8. The summed E-state index contributed by atoms with van der Waals surface area (Å²) >= 11 is 0. The maximum atomic E-state index is 11.8. The highest BCUT2D eigenvalue weighted by Crippen LogP contribution is 2.45. The zero-order valence-electron chi connectivity index (χ0n) is 18.7. The molecule has 1 aromatic heterocycles. The van der Waals surface area contributed by atoms with Crippen LogP contribution in [0.2, 0.25) is 0 Å². The van der Waals surface area contributed by atoms with Gasteiger partial charge in [0.1, 0.15) is 0 Å². The fourth-order valence-corrected chi connectivity index (χ4v) is 4.08. The average molecular weight is 416 g/mol. The molecule has 0 aliphatic carbocycles. The Hall–Kier alpha value is -3.47. The molecule has 0 saturated heterocycles. The number of carbonyl (C=O) groups excluding carboxylic acids is 1. The summed E-state index contributed by atoms with van der Waals surface area (Å²) in [6, 6.07) is 19.0. The molecule has 0 saturated carbocycles. The summed E-state index contributed by atoms with van der Waals surface area (Å²) in [6.07, 6.45) is 0.447. The molecule has 5 nitrogen and oxygen atoms in total. The highest BCUT2D eigenvalue weighted by atomic mass is 16.5. The first-order chi connectivity index (χ1) is 14.9. The lowest BCUT2D eigenvalue weighted by Crippen LogP contribution is -2.29. The molecule has 0 atom stereocenters. The number of nitrogens with one attached hydrogen (secondary N) is 3. The lowest BCUT2D eigenvalue weighted by atomic mass is 9.81. The Morgan fingerprint density at radius 2 is 1.81 bits per heavy atom. The summed E-state index contributed by atoms with van der Waals surface area (Å²) in [5.74, 6) is 0. The van der Waals surface area contributed by atoms with Crippen LogP contribution in [0.3, 0.4) is 0 Å². The van der Waals surface area contributed by atoms with E-state index < -0.39 is 6.09 Å². The minimum atomic E-state index is -0.539. The number of hydrogen-bond acceptors (Lipinski definition) is 3. The van der Waals surface area contributed by atoms with Gasteiger partial charge in [-0.3, -0.25) is 5.43 Å². The van der Waals surface area contributed by atoms with Crippen molar-refractivity contribution in [2.45, 2.75) is 39.5 Å². The molecule has 31 heavy (non-hydrogen) atoms. The lowest BCUT2D eigenvalue weighted by molar-refractivity contribution is 0.173. The number of hydrogen-bond donors (Lipinski definition) is 3. The zero-order valence-corrected chi connectivity index (χ0v) is 18.7. The molecular formula is C26H29N3O2. The molecule has 0 bridgehead atoms. The van der Waals surface area contributed by atoms with Gasteiger partial charge in [0.2, 0.25) is 0 Å². The van der Waals surface area contributed by atoms with Crippen LogP contribution in [0.5, 0.6) is 0 Å². The monoisotopic (exact) mass is 415 g/mol. The van der Waals surface area contributed by atoms with E-state index in [1.165, 1.54) is 18.4 Å². The number of methoxy groups -OCH3 is 1. The third-order valence-electron chi connectivity index (χ3n) is 6.18. The van der Waals surface area contributed by atoms with Crippen LogP contribution in [0.1, 0.15) is 38.4 Å². The van der Waals surface area contributed by atoms with E-state index in [9.17, 15) is 4.79 Å². The van der Waals surface area contributed by atoms with Crippen LogP contribution in [-0.2, 0) is 10.2 Å². The van der Waals surface area contributed by atoms with Crippen molar-refractivity contribution in [3.63, 3.8) is 0 Å². The van der Waals surface area contributed by atoms with Gasteiger partial charge in [-0.05, 0) is 36.2 Å². The summed E-state index contributed by atoms with van der Waals surface area (Å²) in [5, 5.41) is 3.44. The summed E-state index contributed by atoms with van der Waals surface area (Å²) < 4.78 is 4.75. The van der Waals surface area contributed by atoms with E-state index in [0.717, 1.165) is 44.9 Å². The predicted molar refractivity (Wildman–Crippen MR) is 128 cm³/mol. The number of fused-ring (bicyclic) bond motifs is 2. The third kappa shape index (κ3) is 3.72. The molecule has 3 N–H and O–H groups in total. The molecule has 160 valence electrons. The van der Waals surface area contributed by atoms with Crippen molar-refractivity contribution in [2.75, 3.05) is 12.5 Å². The maximum Gasteiger partial charge on any atom is 0.425 e. The molecule has 0 unspecified atom stereocenters. The summed E-state index contributed by atoms with van der Waals surface area (Å²) in [6.45, 7) is 8.83. The fraction of sp³-hybridized carbons (Fsp3) is 0.269. The topological polar surface area (TPSA) is 66.2 Å². The Morgan fingerprint density at radius 1 is 1.03 bits per heavy atom. The number of para-hydroxylation sites is 1. The number of benzene rings is 3. The molecule has 0 fully saturated rings. The molecule has 5 heteroatoms. The molecule has 0 aliphatic rings. The van der Waals surface area contributed by atoms with Crippen molar-refractivity contribution in [1.29, 1.82) is 0 Å². The third-order valence-corrected chi connectivity index (χ3v) is 6.18. The van der Waals surface area contributed by atoms with Crippen molar-refractivity contribution in [3.8, 4) is 11.1 Å². The van der Waals surface area contributed by atoms with E-state index in [0.29, 0.717) is 0 Å². The lowest BCUT2D eigenvalue weighted by Gasteiger charge is -2.25. The largest absolute Gasteiger partial charge is 0.452 e. The van der Waals surface area contributed by atoms with E-state index in [4.69, 9.17) is 4.74 Å². The van der Waals surface area contributed by atoms with Crippen molar-refractivity contribution in [2.24, 2.45) is 0 Å². The fourth-order valence-electron chi connectivity index (χ4n) is 4.08. The Morgan fingerprint density at radius 3 is 2.55 bits per heavy atom. The number of hydrazine groups is 1. The first-order valence-corrected chi connectivity index (χ1v) is 10.6. The number of ether oxygens (including phenoxy) is 1. The quantitative estimate of drug-likeness (QED) is 0.319. The van der Waals surface area contributed by atoms with Gasteiger partial charge in [0.15, 0.2) is 0 Å². The van der Waals surface area contributed by atoms with E-state index in [1.807, 2.05) is 6.07 Å². The second kappa shape index (κ2) is 7.99. The number of carbonyl (C=O) groups is 1. The predicted octanol–water partition coefficient (Wildman–Crippen LogP) is 6.67. The SMILES string of the molecule is CCC(C)(C)c1[nH]c2ccccc2c1-c1c(NNC(=O)OC)ccc2cc(C)ccc12. The molecule has 1 amide bonds. The number of anilines is 1. The number of aromatic amines is 1. The van der Waals surface area contributed by atoms with E-state index in [2.05, 4.69) is 92.1 Å². The van der Waals surface area contributed by atoms with Crippen LogP contribution in [-0.4, -0.2) is 18.2 Å². The average Bonchev–Trinajstić information content (AvgIpc) is 3.17. The van der Waals surface area contributed by atoms with Crippen molar-refractivity contribution < 1.29 is 9.53 Å². The molecule has 3 aromatic carbocycles. The molecule has 1 heterocycles. The van der Waals surface area contributed by atoms with Crippen molar-refractivity contribution in [3.05, 3.63) is 65.9 Å². The Kier molecular flexibility index (Phi) is 5.36. The van der Waals surface area contributed by atoms with Gasteiger partial charge in [0.25, 0.3) is 0 Å². The van der Waals surface area contributed by atoms with Crippen molar-refractivity contribution >= 4 is 33.5 Å². The highest BCUT2D eigenvalue weighted by Gasteiger charge is 2.28. The second-order valence-corrected chi connectivity index (χ2v) is 8.61. The molecular weight excluding hydrogens is 386 g/mol.